The third-order valence-electron chi connectivity index (χ3n) is 6.01. The van der Waals surface area contributed by atoms with E-state index < -0.39 is 0 Å². The van der Waals surface area contributed by atoms with Crippen LogP contribution in [0.4, 0.5) is 0 Å². The number of rotatable bonds is 11. The summed E-state index contributed by atoms with van der Waals surface area (Å²) >= 11 is 0. The van der Waals surface area contributed by atoms with E-state index in [1.54, 1.807) is 5.57 Å². The maximum Gasteiger partial charge on any atom is 0.172 e. The molecule has 1 aliphatic carbocycles. The minimum atomic E-state index is -0.368. The van der Waals surface area contributed by atoms with Crippen LogP contribution < -0.4 is 0 Å². The molecule has 2 unspecified atom stereocenters. The lowest BCUT2D eigenvalue weighted by molar-refractivity contribution is -0.174. The molecule has 4 heteroatoms. The van der Waals surface area contributed by atoms with Gasteiger partial charge in [-0.25, -0.2) is 0 Å². The molecule has 2 aliphatic rings. The van der Waals surface area contributed by atoms with E-state index in [1.807, 2.05) is 13.0 Å². The molecule has 0 radical (unpaired) electrons. The Balaban J connectivity index is 1.80. The molecular weight excluding hydrogens is 326 g/mol. The van der Waals surface area contributed by atoms with Crippen LogP contribution in [0.5, 0.6) is 0 Å². The van der Waals surface area contributed by atoms with Crippen LogP contribution in [-0.4, -0.2) is 56.2 Å². The Morgan fingerprint density at radius 3 is 2.81 bits per heavy atom. The Bertz CT molecular complexity index is 474. The van der Waals surface area contributed by atoms with Crippen molar-refractivity contribution in [3.05, 3.63) is 24.3 Å². The summed E-state index contributed by atoms with van der Waals surface area (Å²) in [5, 5.41) is 0. The monoisotopic (exact) mass is 365 g/mol. The zero-order chi connectivity index (χ0) is 19.0. The zero-order valence-electron chi connectivity index (χ0n) is 17.4. The first-order valence-electron chi connectivity index (χ1n) is 10.4. The second-order valence-corrected chi connectivity index (χ2v) is 8.21. The molecule has 2 rings (SSSR count). The lowest BCUT2D eigenvalue weighted by atomic mass is 9.75. The van der Waals surface area contributed by atoms with Crippen molar-refractivity contribution in [2.24, 2.45) is 5.41 Å². The fraction of sp³-hybridized carbons (Fsp3) is 0.818. The van der Waals surface area contributed by atoms with Crippen molar-refractivity contribution < 1.29 is 14.2 Å². The molecular formula is C22H39NO3. The van der Waals surface area contributed by atoms with Gasteiger partial charge in [-0.15, -0.1) is 6.58 Å². The van der Waals surface area contributed by atoms with Gasteiger partial charge in [0, 0.05) is 39.1 Å². The lowest BCUT2D eigenvalue weighted by Crippen LogP contribution is -2.35. The van der Waals surface area contributed by atoms with Crippen molar-refractivity contribution in [3.63, 3.8) is 0 Å². The zero-order valence-corrected chi connectivity index (χ0v) is 17.4. The van der Waals surface area contributed by atoms with E-state index in [0.29, 0.717) is 12.0 Å². The molecule has 0 N–H and O–H groups in total. The fourth-order valence-electron chi connectivity index (χ4n) is 3.79. The van der Waals surface area contributed by atoms with Crippen LogP contribution in [0.25, 0.3) is 0 Å². The molecule has 1 spiro atoms. The highest BCUT2D eigenvalue weighted by Crippen LogP contribution is 2.43. The van der Waals surface area contributed by atoms with Gasteiger partial charge in [-0.05, 0) is 31.6 Å². The second-order valence-electron chi connectivity index (χ2n) is 8.21. The molecule has 2 atom stereocenters. The lowest BCUT2D eigenvalue weighted by Gasteiger charge is -2.36. The van der Waals surface area contributed by atoms with Gasteiger partial charge in [0.25, 0.3) is 0 Å². The summed E-state index contributed by atoms with van der Waals surface area (Å²) in [6, 6.07) is 0. The predicted molar refractivity (Wildman–Crippen MR) is 107 cm³/mol. The SMILES string of the molecule is C=CCN(CCOCC)CCC1COC2(CC=C(C(C)(C)CC)CC2)O1. The Hall–Kier alpha value is -0.680. The van der Waals surface area contributed by atoms with Crippen molar-refractivity contribution in [1.82, 2.24) is 4.90 Å². The van der Waals surface area contributed by atoms with E-state index >= 15 is 0 Å². The van der Waals surface area contributed by atoms with E-state index in [4.69, 9.17) is 14.2 Å². The largest absolute Gasteiger partial charge is 0.380 e. The van der Waals surface area contributed by atoms with Crippen LogP contribution in [-0.2, 0) is 14.2 Å². The standard InChI is InChI=1S/C22H39NO3/c1-6-14-23(16-17-24-8-3)15-11-20-18-25-22(26-20)12-9-19(10-13-22)21(4,5)7-2/h6,9,20H,1,7-8,10-18H2,2-5H3. The summed E-state index contributed by atoms with van der Waals surface area (Å²) in [6.45, 7) is 17.9. The first kappa shape index (κ1) is 21.6. The van der Waals surface area contributed by atoms with Gasteiger partial charge in [0.1, 0.15) is 0 Å². The maximum atomic E-state index is 6.39. The summed E-state index contributed by atoms with van der Waals surface area (Å²) in [6.07, 6.45) is 9.68. The number of hydrogen-bond donors (Lipinski definition) is 0. The van der Waals surface area contributed by atoms with Crippen LogP contribution in [0.1, 0.15) is 59.8 Å². The minimum Gasteiger partial charge on any atom is -0.380 e. The normalized spacial score (nSPS) is 26.5. The van der Waals surface area contributed by atoms with Gasteiger partial charge < -0.3 is 14.2 Å². The summed E-state index contributed by atoms with van der Waals surface area (Å²) < 4.78 is 18.0. The predicted octanol–water partition coefficient (Wildman–Crippen LogP) is 4.56. The van der Waals surface area contributed by atoms with Gasteiger partial charge in [-0.2, -0.15) is 0 Å². The summed E-state index contributed by atoms with van der Waals surface area (Å²) in [5.74, 6) is -0.368. The molecule has 4 nitrogen and oxygen atoms in total. The van der Waals surface area contributed by atoms with Crippen molar-refractivity contribution in [2.75, 3.05) is 39.5 Å². The molecule has 0 bridgehead atoms. The highest BCUT2D eigenvalue weighted by molar-refractivity contribution is 5.17. The molecule has 0 aromatic heterocycles. The number of allylic oxidation sites excluding steroid dienone is 1. The van der Waals surface area contributed by atoms with E-state index in [-0.39, 0.29) is 11.9 Å². The van der Waals surface area contributed by atoms with Crippen molar-refractivity contribution in [1.29, 1.82) is 0 Å². The van der Waals surface area contributed by atoms with Crippen molar-refractivity contribution >= 4 is 0 Å². The van der Waals surface area contributed by atoms with Crippen LogP contribution in [0, 0.1) is 5.41 Å². The molecule has 1 fully saturated rings. The van der Waals surface area contributed by atoms with Gasteiger partial charge in [0.15, 0.2) is 5.79 Å². The molecule has 1 heterocycles. The van der Waals surface area contributed by atoms with Crippen LogP contribution >= 0.6 is 0 Å². The molecule has 0 saturated carbocycles. The summed E-state index contributed by atoms with van der Waals surface area (Å²) in [7, 11) is 0. The Kier molecular flexibility index (Phi) is 8.34. The van der Waals surface area contributed by atoms with Gasteiger partial charge in [0.05, 0.1) is 19.3 Å². The van der Waals surface area contributed by atoms with Gasteiger partial charge in [0.2, 0.25) is 0 Å². The van der Waals surface area contributed by atoms with Gasteiger partial charge >= 0.3 is 0 Å². The molecule has 0 aromatic rings. The fourth-order valence-corrected chi connectivity index (χ4v) is 3.79. The van der Waals surface area contributed by atoms with E-state index in [1.165, 1.54) is 6.42 Å². The quantitative estimate of drug-likeness (QED) is 0.397. The third kappa shape index (κ3) is 5.91. The van der Waals surface area contributed by atoms with Crippen LogP contribution in [0.3, 0.4) is 0 Å². The number of nitrogens with zero attached hydrogens (tertiary/aromatic N) is 1. The van der Waals surface area contributed by atoms with E-state index in [2.05, 4.69) is 38.3 Å². The second kappa shape index (κ2) is 10.0. The molecule has 26 heavy (non-hydrogen) atoms. The average Bonchev–Trinajstić information content (AvgIpc) is 3.03. The Labute approximate surface area is 160 Å². The van der Waals surface area contributed by atoms with Gasteiger partial charge in [-0.3, -0.25) is 4.90 Å². The van der Waals surface area contributed by atoms with Crippen molar-refractivity contribution in [2.45, 2.75) is 71.7 Å². The van der Waals surface area contributed by atoms with Gasteiger partial charge in [-0.1, -0.05) is 38.5 Å². The van der Waals surface area contributed by atoms with Crippen LogP contribution in [0.2, 0.25) is 0 Å². The molecule has 1 aliphatic heterocycles. The summed E-state index contributed by atoms with van der Waals surface area (Å²) in [5.41, 5.74) is 1.86. The van der Waals surface area contributed by atoms with E-state index in [9.17, 15) is 0 Å². The van der Waals surface area contributed by atoms with Crippen molar-refractivity contribution in [3.8, 4) is 0 Å². The maximum absolute atomic E-state index is 6.39. The third-order valence-corrected chi connectivity index (χ3v) is 6.01. The Morgan fingerprint density at radius 2 is 2.19 bits per heavy atom. The first-order valence-corrected chi connectivity index (χ1v) is 10.4. The first-order chi connectivity index (χ1) is 12.4. The molecule has 0 amide bonds. The van der Waals surface area contributed by atoms with Crippen LogP contribution in [0.15, 0.2) is 24.3 Å². The van der Waals surface area contributed by atoms with E-state index in [0.717, 1.165) is 58.5 Å². The number of ether oxygens (including phenoxy) is 3. The minimum absolute atomic E-state index is 0.198. The average molecular weight is 366 g/mol. The highest BCUT2D eigenvalue weighted by atomic mass is 16.7. The molecule has 0 aromatic carbocycles. The summed E-state index contributed by atoms with van der Waals surface area (Å²) in [4.78, 5) is 2.37. The Morgan fingerprint density at radius 1 is 1.38 bits per heavy atom. The molecule has 1 saturated heterocycles. The number of hydrogen-bond acceptors (Lipinski definition) is 4. The molecule has 150 valence electrons. The smallest absolute Gasteiger partial charge is 0.172 e. The highest BCUT2D eigenvalue weighted by Gasteiger charge is 2.43. The topological polar surface area (TPSA) is 30.9 Å².